The van der Waals surface area contributed by atoms with Crippen LogP contribution in [0.2, 0.25) is 0 Å². The van der Waals surface area contributed by atoms with Crippen molar-refractivity contribution in [1.29, 1.82) is 5.26 Å². The molecular weight excluding hydrogens is 238 g/mol. The van der Waals surface area contributed by atoms with Gasteiger partial charge in [-0.2, -0.15) is 5.26 Å². The van der Waals surface area contributed by atoms with Crippen molar-refractivity contribution in [2.45, 2.75) is 24.7 Å². The molecule has 0 bridgehead atoms. The van der Waals surface area contributed by atoms with Crippen LogP contribution in [0.15, 0.2) is 47.4 Å². The van der Waals surface area contributed by atoms with Gasteiger partial charge in [0.1, 0.15) is 0 Å². The van der Waals surface area contributed by atoms with Crippen LogP contribution in [-0.2, 0) is 0 Å². The largest absolute Gasteiger partial charge is 0.192 e. The van der Waals surface area contributed by atoms with Crippen LogP contribution in [0, 0.1) is 18.3 Å². The van der Waals surface area contributed by atoms with E-state index in [1.165, 1.54) is 11.1 Å². The lowest BCUT2D eigenvalue weighted by Gasteiger charge is -2.17. The second-order valence-electron chi connectivity index (χ2n) is 4.41. The molecule has 1 unspecified atom stereocenters. The maximum atomic E-state index is 9.08. The third-order valence-electron chi connectivity index (χ3n) is 3.37. The predicted molar refractivity (Wildman–Crippen MR) is 77.1 cm³/mol. The minimum Gasteiger partial charge on any atom is -0.192 e. The summed E-state index contributed by atoms with van der Waals surface area (Å²) in [7, 11) is 0. The van der Waals surface area contributed by atoms with Gasteiger partial charge in [0.15, 0.2) is 0 Å². The molecule has 0 aromatic heterocycles. The zero-order valence-corrected chi connectivity index (χ0v) is 11.4. The van der Waals surface area contributed by atoms with Crippen LogP contribution in [0.3, 0.4) is 0 Å². The first-order valence-electron chi connectivity index (χ1n) is 5.92. The standard InChI is InChI=1S/C16H15NS/c1-11-13(10-17)6-5-8-14(11)12(2)15-7-3-4-9-16(15)18/h3-9,12,18H,1-2H3. The fourth-order valence-corrected chi connectivity index (χ4v) is 2.62. The monoisotopic (exact) mass is 253 g/mol. The van der Waals surface area contributed by atoms with Crippen molar-refractivity contribution in [2.75, 3.05) is 0 Å². The summed E-state index contributed by atoms with van der Waals surface area (Å²) in [5.41, 5.74) is 4.19. The van der Waals surface area contributed by atoms with Crippen LogP contribution in [0.1, 0.15) is 35.1 Å². The summed E-state index contributed by atoms with van der Waals surface area (Å²) in [5, 5.41) is 9.08. The van der Waals surface area contributed by atoms with Crippen molar-refractivity contribution in [1.82, 2.24) is 0 Å². The molecular formula is C16H15NS. The molecule has 0 N–H and O–H groups in total. The Morgan fingerprint density at radius 2 is 1.72 bits per heavy atom. The highest BCUT2D eigenvalue weighted by molar-refractivity contribution is 7.80. The molecule has 0 aliphatic carbocycles. The second kappa shape index (κ2) is 5.29. The van der Waals surface area contributed by atoms with Gasteiger partial charge in [0, 0.05) is 10.8 Å². The summed E-state index contributed by atoms with van der Waals surface area (Å²) in [6, 6.07) is 16.2. The molecule has 18 heavy (non-hydrogen) atoms. The van der Waals surface area contributed by atoms with E-state index in [1.54, 1.807) is 0 Å². The fourth-order valence-electron chi connectivity index (χ4n) is 2.26. The Bertz CT molecular complexity index is 611. The molecule has 0 saturated heterocycles. The highest BCUT2D eigenvalue weighted by Crippen LogP contribution is 2.31. The van der Waals surface area contributed by atoms with E-state index in [9.17, 15) is 0 Å². The Kier molecular flexibility index (Phi) is 3.74. The van der Waals surface area contributed by atoms with Gasteiger partial charge in [0.2, 0.25) is 0 Å². The fraction of sp³-hybridized carbons (Fsp3) is 0.188. The predicted octanol–water partition coefficient (Wildman–Crippen LogP) is 4.31. The molecule has 0 fully saturated rings. The lowest BCUT2D eigenvalue weighted by molar-refractivity contribution is 0.884. The molecule has 0 saturated carbocycles. The number of nitriles is 1. The van der Waals surface area contributed by atoms with Crippen molar-refractivity contribution in [3.63, 3.8) is 0 Å². The minimum absolute atomic E-state index is 0.243. The zero-order valence-electron chi connectivity index (χ0n) is 10.5. The quantitative estimate of drug-likeness (QED) is 0.792. The van der Waals surface area contributed by atoms with Crippen LogP contribution in [0.5, 0.6) is 0 Å². The van der Waals surface area contributed by atoms with Gasteiger partial charge in [-0.25, -0.2) is 0 Å². The Balaban J connectivity index is 2.51. The molecule has 0 amide bonds. The first kappa shape index (κ1) is 12.7. The van der Waals surface area contributed by atoms with Crippen LogP contribution in [-0.4, -0.2) is 0 Å². The summed E-state index contributed by atoms with van der Waals surface area (Å²) in [6.07, 6.45) is 0. The van der Waals surface area contributed by atoms with Gasteiger partial charge < -0.3 is 0 Å². The van der Waals surface area contributed by atoms with Crippen LogP contribution < -0.4 is 0 Å². The maximum absolute atomic E-state index is 9.08. The summed E-state index contributed by atoms with van der Waals surface area (Å²) in [4.78, 5) is 0.992. The van der Waals surface area contributed by atoms with Crippen LogP contribution >= 0.6 is 12.6 Å². The van der Waals surface area contributed by atoms with Gasteiger partial charge in [-0.3, -0.25) is 0 Å². The molecule has 0 heterocycles. The van der Waals surface area contributed by atoms with Gasteiger partial charge in [0.25, 0.3) is 0 Å². The highest BCUT2D eigenvalue weighted by atomic mass is 32.1. The first-order valence-corrected chi connectivity index (χ1v) is 6.37. The zero-order chi connectivity index (χ0) is 13.1. The molecule has 1 nitrogen and oxygen atoms in total. The van der Waals surface area contributed by atoms with Gasteiger partial charge in [-0.15, -0.1) is 12.6 Å². The summed E-state index contributed by atoms with van der Waals surface area (Å²) < 4.78 is 0. The highest BCUT2D eigenvalue weighted by Gasteiger charge is 2.14. The lowest BCUT2D eigenvalue weighted by atomic mass is 9.88. The minimum atomic E-state index is 0.243. The Morgan fingerprint density at radius 1 is 1.06 bits per heavy atom. The number of hydrogen-bond acceptors (Lipinski definition) is 2. The van der Waals surface area contributed by atoms with E-state index in [1.807, 2.05) is 37.3 Å². The molecule has 0 spiro atoms. The SMILES string of the molecule is Cc1c(C#N)cccc1C(C)c1ccccc1S. The van der Waals surface area contributed by atoms with E-state index < -0.39 is 0 Å². The summed E-state index contributed by atoms with van der Waals surface area (Å²) in [5.74, 6) is 0.243. The van der Waals surface area contributed by atoms with Crippen molar-refractivity contribution in [3.05, 3.63) is 64.7 Å². The Morgan fingerprint density at radius 3 is 2.39 bits per heavy atom. The van der Waals surface area contributed by atoms with Crippen molar-refractivity contribution < 1.29 is 0 Å². The van der Waals surface area contributed by atoms with E-state index in [0.717, 1.165) is 16.0 Å². The first-order chi connectivity index (χ1) is 8.65. The molecule has 2 heteroatoms. The van der Waals surface area contributed by atoms with Crippen molar-refractivity contribution in [3.8, 4) is 6.07 Å². The van der Waals surface area contributed by atoms with E-state index >= 15 is 0 Å². The molecule has 2 aromatic rings. The number of nitrogens with zero attached hydrogens (tertiary/aromatic N) is 1. The number of thiol groups is 1. The van der Waals surface area contributed by atoms with Crippen LogP contribution in [0.4, 0.5) is 0 Å². The third-order valence-corrected chi connectivity index (χ3v) is 3.77. The van der Waals surface area contributed by atoms with Gasteiger partial charge in [0.05, 0.1) is 11.6 Å². The smallest absolute Gasteiger partial charge is 0.0994 e. The molecule has 0 aliphatic heterocycles. The average Bonchev–Trinajstić information content (AvgIpc) is 2.39. The lowest BCUT2D eigenvalue weighted by Crippen LogP contribution is -2.01. The molecule has 90 valence electrons. The van der Waals surface area contributed by atoms with E-state index in [-0.39, 0.29) is 5.92 Å². The summed E-state index contributed by atoms with van der Waals surface area (Å²) >= 11 is 4.51. The normalized spacial score (nSPS) is 11.9. The Hall–Kier alpha value is -1.72. The van der Waals surface area contributed by atoms with E-state index in [0.29, 0.717) is 0 Å². The van der Waals surface area contributed by atoms with Crippen molar-refractivity contribution in [2.24, 2.45) is 0 Å². The molecule has 2 aromatic carbocycles. The molecule has 0 aliphatic rings. The maximum Gasteiger partial charge on any atom is 0.0994 e. The van der Waals surface area contributed by atoms with E-state index in [2.05, 4.69) is 37.8 Å². The Labute approximate surface area is 113 Å². The second-order valence-corrected chi connectivity index (χ2v) is 4.89. The topological polar surface area (TPSA) is 23.8 Å². The average molecular weight is 253 g/mol. The number of benzene rings is 2. The number of rotatable bonds is 2. The summed E-state index contributed by atoms with van der Waals surface area (Å²) in [6.45, 7) is 4.16. The third kappa shape index (κ3) is 2.27. The van der Waals surface area contributed by atoms with Crippen molar-refractivity contribution >= 4 is 12.6 Å². The van der Waals surface area contributed by atoms with Gasteiger partial charge in [-0.05, 0) is 35.7 Å². The van der Waals surface area contributed by atoms with Gasteiger partial charge in [-0.1, -0.05) is 37.3 Å². The molecule has 0 radical (unpaired) electrons. The number of hydrogen-bond donors (Lipinski definition) is 1. The molecule has 1 atom stereocenters. The van der Waals surface area contributed by atoms with Crippen LogP contribution in [0.25, 0.3) is 0 Å². The van der Waals surface area contributed by atoms with Gasteiger partial charge >= 0.3 is 0 Å². The molecule has 2 rings (SSSR count). The van der Waals surface area contributed by atoms with E-state index in [4.69, 9.17) is 5.26 Å².